The fraction of sp³-hybridized carbons (Fsp3) is 0. The number of rotatable bonds is 0. The Morgan fingerprint density at radius 1 is 1.00 bits per heavy atom. The summed E-state index contributed by atoms with van der Waals surface area (Å²) in [5.41, 5.74) is 0. The summed E-state index contributed by atoms with van der Waals surface area (Å²) in [5, 5.41) is 0. The van der Waals surface area contributed by atoms with Crippen LogP contribution in [-0.2, 0) is 0 Å². The fourth-order valence-corrected chi connectivity index (χ4v) is 0. The largest absolute Gasteiger partial charge is 2.00 e. The molecule has 0 atom stereocenters. The van der Waals surface area contributed by atoms with E-state index in [0.29, 0.717) is 0 Å². The molecule has 0 aliphatic carbocycles. The number of hydrogen-bond acceptors (Lipinski definition) is 0. The molecule has 4 heavy (non-hydrogen) atoms. The van der Waals surface area contributed by atoms with E-state index in [1.807, 2.05) is 0 Å². The van der Waals surface area contributed by atoms with Gasteiger partial charge in [-0.2, -0.15) is 0 Å². The zero-order valence-electron chi connectivity index (χ0n) is 5.52. The Hall–Kier alpha value is 2.76. The van der Waals surface area contributed by atoms with Crippen molar-refractivity contribution in [2.45, 2.75) is 0 Å². The molecule has 0 N–H and O–H groups in total. The van der Waals surface area contributed by atoms with Gasteiger partial charge in [0.05, 0.1) is 0 Å². The molecule has 0 bridgehead atoms. The predicted molar refractivity (Wildman–Crippen MR) is 14.1 cm³/mol. The molecule has 0 aromatic heterocycles. The molecular formula is H5CaF2K. The molecule has 0 unspecified atom stereocenters. The third kappa shape index (κ3) is 8.83. The van der Waals surface area contributed by atoms with Crippen LogP contribution in [0.3, 0.4) is 0 Å². The first-order valence-electron chi connectivity index (χ1n) is 0. The van der Waals surface area contributed by atoms with Gasteiger partial charge in [-0.25, -0.2) is 0 Å². The van der Waals surface area contributed by atoms with Crippen LogP contribution in [0.1, 0.15) is 4.28 Å². The SMILES string of the molecule is F.F.[Ca+2].[H-].[H-].[H-].[K+]. The Kier molecular flexibility index (Phi) is 126. The zero-order chi connectivity index (χ0) is 0. The molecule has 22 valence electrons. The van der Waals surface area contributed by atoms with E-state index in [9.17, 15) is 0 Å². The minimum Gasteiger partial charge on any atom is -1.00 e. The predicted octanol–water partition coefficient (Wildman–Crippen LogP) is -2.73. The Morgan fingerprint density at radius 2 is 1.00 bits per heavy atom. The van der Waals surface area contributed by atoms with E-state index in [0.717, 1.165) is 0 Å². The fourth-order valence-electron chi connectivity index (χ4n) is 0. The molecule has 0 aliphatic rings. The third-order valence-corrected chi connectivity index (χ3v) is 0. The first-order chi connectivity index (χ1) is 0. The summed E-state index contributed by atoms with van der Waals surface area (Å²) in [4.78, 5) is 0. The molecule has 0 fully saturated rings. The number of hydrogen-bond donors (Lipinski definition) is 0. The van der Waals surface area contributed by atoms with Crippen molar-refractivity contribution in [2.75, 3.05) is 0 Å². The summed E-state index contributed by atoms with van der Waals surface area (Å²) in [5.74, 6) is 0. The van der Waals surface area contributed by atoms with Crippen LogP contribution in [0, 0.1) is 0 Å². The van der Waals surface area contributed by atoms with E-state index in [-0.39, 0.29) is 103 Å². The molecule has 0 aliphatic heterocycles. The van der Waals surface area contributed by atoms with Gasteiger partial charge in [0.15, 0.2) is 0 Å². The van der Waals surface area contributed by atoms with Crippen molar-refractivity contribution < 1.29 is 65.1 Å². The van der Waals surface area contributed by atoms with E-state index in [4.69, 9.17) is 0 Å². The monoisotopic (exact) mass is 122 g/mol. The number of halogens is 2. The van der Waals surface area contributed by atoms with Gasteiger partial charge < -0.3 is 4.28 Å². The molecule has 4 heteroatoms. The second-order valence-electron chi connectivity index (χ2n) is 0. The topological polar surface area (TPSA) is 0 Å². The van der Waals surface area contributed by atoms with Gasteiger partial charge in [0.25, 0.3) is 0 Å². The molecule has 0 radical (unpaired) electrons. The Morgan fingerprint density at radius 3 is 1.00 bits per heavy atom. The maximum absolute atomic E-state index is 0. The van der Waals surface area contributed by atoms with Gasteiger partial charge in [-0.05, 0) is 0 Å². The normalized spacial score (nSPS) is 0. The van der Waals surface area contributed by atoms with Crippen LogP contribution in [0.4, 0.5) is 9.41 Å². The standard InChI is InChI=1S/Ca.2FH.K.3H/h;2*1H;;;;/q+2;;;+1;3*-1. The van der Waals surface area contributed by atoms with E-state index >= 15 is 0 Å². The van der Waals surface area contributed by atoms with Gasteiger partial charge in [0.2, 0.25) is 0 Å². The molecule has 0 nitrogen and oxygen atoms in total. The summed E-state index contributed by atoms with van der Waals surface area (Å²) in [7, 11) is 0. The van der Waals surface area contributed by atoms with Crippen LogP contribution in [0.2, 0.25) is 0 Å². The molecular weight excluding hydrogens is 117 g/mol. The molecule has 0 aromatic carbocycles. The maximum Gasteiger partial charge on any atom is 2.00 e. The van der Waals surface area contributed by atoms with Gasteiger partial charge in [-0.3, -0.25) is 9.41 Å². The van der Waals surface area contributed by atoms with Crippen molar-refractivity contribution >= 4 is 37.7 Å². The second-order valence-corrected chi connectivity index (χ2v) is 0. The Bertz CT molecular complexity index is 12.9. The van der Waals surface area contributed by atoms with E-state index < -0.39 is 0 Å². The van der Waals surface area contributed by atoms with Crippen molar-refractivity contribution in [1.29, 1.82) is 0 Å². The molecule has 0 aromatic rings. The minimum absolute atomic E-state index is 0. The van der Waals surface area contributed by atoms with E-state index in [1.165, 1.54) is 0 Å². The minimum atomic E-state index is 0. The van der Waals surface area contributed by atoms with Gasteiger partial charge in [0.1, 0.15) is 0 Å². The maximum atomic E-state index is 0. The van der Waals surface area contributed by atoms with Gasteiger partial charge in [0, 0.05) is 0 Å². The quantitative estimate of drug-likeness (QED) is 0.306. The van der Waals surface area contributed by atoms with Crippen LogP contribution in [0.25, 0.3) is 0 Å². The van der Waals surface area contributed by atoms with Crippen molar-refractivity contribution in [3.05, 3.63) is 0 Å². The second kappa shape index (κ2) is 17.1. The molecule has 0 rings (SSSR count). The average molecular weight is 122 g/mol. The van der Waals surface area contributed by atoms with Crippen LogP contribution in [0.15, 0.2) is 0 Å². The van der Waals surface area contributed by atoms with Crippen molar-refractivity contribution in [3.63, 3.8) is 0 Å². The average Bonchev–Trinajstić information content (AvgIpc) is 0. The van der Waals surface area contributed by atoms with Gasteiger partial charge >= 0.3 is 89.1 Å². The van der Waals surface area contributed by atoms with Crippen LogP contribution < -0.4 is 51.4 Å². The molecule has 0 spiro atoms. The van der Waals surface area contributed by atoms with Gasteiger partial charge in [-0.1, -0.05) is 0 Å². The zero-order valence-corrected chi connectivity index (χ0v) is 7.86. The first-order valence-corrected chi connectivity index (χ1v) is 0. The van der Waals surface area contributed by atoms with Crippen LogP contribution in [-0.4, -0.2) is 37.7 Å². The summed E-state index contributed by atoms with van der Waals surface area (Å²) in [6, 6.07) is 0. The van der Waals surface area contributed by atoms with Crippen LogP contribution >= 0.6 is 0 Å². The van der Waals surface area contributed by atoms with E-state index in [2.05, 4.69) is 0 Å². The summed E-state index contributed by atoms with van der Waals surface area (Å²) in [6.07, 6.45) is 0. The smallest absolute Gasteiger partial charge is 1.00 e. The Labute approximate surface area is 100 Å². The third-order valence-electron chi connectivity index (χ3n) is 0. The van der Waals surface area contributed by atoms with E-state index in [1.54, 1.807) is 0 Å². The summed E-state index contributed by atoms with van der Waals surface area (Å²) >= 11 is 0. The summed E-state index contributed by atoms with van der Waals surface area (Å²) < 4.78 is 0. The first kappa shape index (κ1) is 29.5. The molecule has 0 saturated heterocycles. The van der Waals surface area contributed by atoms with Gasteiger partial charge in [-0.15, -0.1) is 0 Å². The molecule has 0 heterocycles. The Balaban J connectivity index is 0. The van der Waals surface area contributed by atoms with Crippen LogP contribution in [0.5, 0.6) is 0 Å². The van der Waals surface area contributed by atoms with Crippen molar-refractivity contribution in [3.8, 4) is 0 Å². The molecule has 0 saturated carbocycles. The van der Waals surface area contributed by atoms with Crippen molar-refractivity contribution in [2.24, 2.45) is 0 Å². The molecule has 0 amide bonds. The summed E-state index contributed by atoms with van der Waals surface area (Å²) in [6.45, 7) is 0. The van der Waals surface area contributed by atoms with Crippen molar-refractivity contribution in [1.82, 2.24) is 0 Å².